The summed E-state index contributed by atoms with van der Waals surface area (Å²) in [5, 5.41) is 1.16. The second kappa shape index (κ2) is 4.73. The fraction of sp³-hybridized carbons (Fsp3) is 0.118. The lowest BCUT2D eigenvalue weighted by Gasteiger charge is -2.05. The van der Waals surface area contributed by atoms with Crippen molar-refractivity contribution in [3.8, 4) is 5.75 Å². The van der Waals surface area contributed by atoms with Crippen molar-refractivity contribution >= 4 is 10.9 Å². The quantitative estimate of drug-likeness (QED) is 0.633. The van der Waals surface area contributed by atoms with Crippen molar-refractivity contribution in [3.63, 3.8) is 0 Å². The van der Waals surface area contributed by atoms with E-state index in [9.17, 15) is 0 Å². The Bertz CT molecular complexity index is 729. The number of benzene rings is 2. The summed E-state index contributed by atoms with van der Waals surface area (Å²) in [6.45, 7) is 4.17. The fourth-order valence-electron chi connectivity index (χ4n) is 2.14. The highest BCUT2D eigenvalue weighted by Gasteiger charge is 2.12. The van der Waals surface area contributed by atoms with Crippen LogP contribution in [0.5, 0.6) is 5.75 Å². The predicted octanol–water partition coefficient (Wildman–Crippen LogP) is 3.59. The van der Waals surface area contributed by atoms with Crippen LogP contribution in [0.2, 0.25) is 0 Å². The van der Waals surface area contributed by atoms with Gasteiger partial charge < -0.3 is 0 Å². The van der Waals surface area contributed by atoms with E-state index >= 15 is 0 Å². The van der Waals surface area contributed by atoms with Crippen molar-refractivity contribution in [2.75, 3.05) is 0 Å². The van der Waals surface area contributed by atoms with Crippen molar-refractivity contribution in [2.24, 2.45) is 0 Å². The summed E-state index contributed by atoms with van der Waals surface area (Å²) in [5.41, 5.74) is 3.46. The Labute approximate surface area is 112 Å². The summed E-state index contributed by atoms with van der Waals surface area (Å²) in [5.74, 6) is 0.890. The predicted molar refractivity (Wildman–Crippen MR) is 76.1 cm³/mol. The smallest absolute Gasteiger partial charge is 0.231 e. The molecule has 94 valence electrons. The van der Waals surface area contributed by atoms with Gasteiger partial charge in [-0.2, -0.15) is 0 Å². The SMILES string of the molecule is Cc1cccc(O[n+]2cccc3ccccc32)c1C. The Morgan fingerprint density at radius 2 is 1.63 bits per heavy atom. The van der Waals surface area contributed by atoms with Gasteiger partial charge in [0.1, 0.15) is 0 Å². The Morgan fingerprint density at radius 1 is 0.842 bits per heavy atom. The largest absolute Gasteiger partial charge is 0.265 e. The molecule has 0 aliphatic carbocycles. The number of hydrogen-bond donors (Lipinski definition) is 0. The van der Waals surface area contributed by atoms with Gasteiger partial charge in [0.15, 0.2) is 0 Å². The van der Waals surface area contributed by atoms with Crippen LogP contribution in [0.3, 0.4) is 0 Å². The van der Waals surface area contributed by atoms with E-state index in [4.69, 9.17) is 4.84 Å². The molecule has 2 aromatic carbocycles. The molecule has 0 N–H and O–H groups in total. The highest BCUT2D eigenvalue weighted by atomic mass is 16.7. The first-order valence-electron chi connectivity index (χ1n) is 6.40. The van der Waals surface area contributed by atoms with Gasteiger partial charge in [-0.1, -0.05) is 24.3 Å². The molecule has 0 atom stereocenters. The van der Waals surface area contributed by atoms with Crippen LogP contribution in [-0.2, 0) is 0 Å². The molecular weight excluding hydrogens is 234 g/mol. The molecule has 0 aliphatic rings. The van der Waals surface area contributed by atoms with Crippen LogP contribution >= 0.6 is 0 Å². The number of nitrogens with zero attached hydrogens (tertiary/aromatic N) is 1. The van der Waals surface area contributed by atoms with Crippen LogP contribution in [0.15, 0.2) is 60.8 Å². The molecule has 2 nitrogen and oxygen atoms in total. The number of hydrogen-bond acceptors (Lipinski definition) is 1. The molecular formula is C17H16NO+. The zero-order valence-electron chi connectivity index (χ0n) is 11.1. The van der Waals surface area contributed by atoms with Gasteiger partial charge in [-0.05, 0) is 37.6 Å². The average molecular weight is 250 g/mol. The van der Waals surface area contributed by atoms with Gasteiger partial charge in [-0.15, -0.1) is 0 Å². The Morgan fingerprint density at radius 3 is 2.53 bits per heavy atom. The number of pyridine rings is 1. The molecule has 19 heavy (non-hydrogen) atoms. The number of rotatable bonds is 2. The highest BCUT2D eigenvalue weighted by molar-refractivity contribution is 5.74. The highest BCUT2D eigenvalue weighted by Crippen LogP contribution is 2.20. The summed E-state index contributed by atoms with van der Waals surface area (Å²) >= 11 is 0. The molecule has 0 aliphatic heterocycles. The summed E-state index contributed by atoms with van der Waals surface area (Å²) in [7, 11) is 0. The van der Waals surface area contributed by atoms with Crippen molar-refractivity contribution in [2.45, 2.75) is 13.8 Å². The van der Waals surface area contributed by atoms with Gasteiger partial charge in [0.2, 0.25) is 11.9 Å². The van der Waals surface area contributed by atoms with Gasteiger partial charge in [0, 0.05) is 22.4 Å². The van der Waals surface area contributed by atoms with Crippen LogP contribution in [-0.4, -0.2) is 0 Å². The maximum atomic E-state index is 6.02. The van der Waals surface area contributed by atoms with Gasteiger partial charge in [-0.25, -0.2) is 4.84 Å². The van der Waals surface area contributed by atoms with Crippen LogP contribution in [0, 0.1) is 13.8 Å². The van der Waals surface area contributed by atoms with E-state index in [2.05, 4.69) is 38.1 Å². The molecule has 3 rings (SSSR count). The third kappa shape index (κ3) is 2.17. The fourth-order valence-corrected chi connectivity index (χ4v) is 2.14. The van der Waals surface area contributed by atoms with Crippen molar-refractivity contribution < 1.29 is 9.57 Å². The summed E-state index contributed by atoms with van der Waals surface area (Å²) in [6.07, 6.45) is 1.93. The topological polar surface area (TPSA) is 13.1 Å². The van der Waals surface area contributed by atoms with E-state index in [1.54, 1.807) is 0 Å². The van der Waals surface area contributed by atoms with E-state index in [0.717, 1.165) is 16.7 Å². The van der Waals surface area contributed by atoms with Gasteiger partial charge in [0.25, 0.3) is 5.52 Å². The third-order valence-corrected chi connectivity index (χ3v) is 3.42. The monoisotopic (exact) mass is 250 g/mol. The number of para-hydroxylation sites is 1. The third-order valence-electron chi connectivity index (χ3n) is 3.42. The van der Waals surface area contributed by atoms with Gasteiger partial charge >= 0.3 is 0 Å². The lowest BCUT2D eigenvalue weighted by Crippen LogP contribution is -2.40. The molecule has 0 bridgehead atoms. The second-order valence-corrected chi connectivity index (χ2v) is 4.68. The molecule has 0 saturated heterocycles. The van der Waals surface area contributed by atoms with E-state index in [1.165, 1.54) is 11.1 Å². The molecule has 2 heteroatoms. The minimum absolute atomic E-state index is 0.890. The molecule has 0 spiro atoms. The molecule has 0 amide bonds. The van der Waals surface area contributed by atoms with E-state index < -0.39 is 0 Å². The summed E-state index contributed by atoms with van der Waals surface area (Å²) in [4.78, 5) is 6.02. The lowest BCUT2D eigenvalue weighted by molar-refractivity contribution is -0.854. The molecule has 1 heterocycles. The second-order valence-electron chi connectivity index (χ2n) is 4.68. The lowest BCUT2D eigenvalue weighted by atomic mass is 10.1. The van der Waals surface area contributed by atoms with E-state index in [1.807, 2.05) is 41.3 Å². The van der Waals surface area contributed by atoms with Crippen molar-refractivity contribution in [1.82, 2.24) is 0 Å². The minimum Gasteiger partial charge on any atom is -0.231 e. The standard InChI is InChI=1S/C17H16NO/c1-13-7-5-11-17(14(13)2)19-18-12-6-9-15-8-3-4-10-16(15)18/h3-12H,1-2H3/q+1. The van der Waals surface area contributed by atoms with Crippen LogP contribution < -0.4 is 9.57 Å². The van der Waals surface area contributed by atoms with E-state index in [-0.39, 0.29) is 0 Å². The van der Waals surface area contributed by atoms with Crippen LogP contribution in [0.1, 0.15) is 11.1 Å². The first kappa shape index (κ1) is 11.7. The molecule has 0 fully saturated rings. The maximum absolute atomic E-state index is 6.02. The van der Waals surface area contributed by atoms with Gasteiger partial charge in [-0.3, -0.25) is 0 Å². The Hall–Kier alpha value is -2.35. The zero-order valence-corrected chi connectivity index (χ0v) is 11.1. The molecule has 1 aromatic heterocycles. The number of fused-ring (bicyclic) bond motifs is 1. The molecule has 0 unspecified atom stereocenters. The van der Waals surface area contributed by atoms with Crippen LogP contribution in [0.4, 0.5) is 0 Å². The molecule has 3 aromatic rings. The average Bonchev–Trinajstić information content (AvgIpc) is 2.44. The first-order valence-corrected chi connectivity index (χ1v) is 6.40. The summed E-state index contributed by atoms with van der Waals surface area (Å²) in [6, 6.07) is 18.4. The number of aryl methyl sites for hydroxylation is 1. The minimum atomic E-state index is 0.890. The Kier molecular flexibility index (Phi) is 2.92. The first-order chi connectivity index (χ1) is 9.25. The van der Waals surface area contributed by atoms with Crippen LogP contribution in [0.25, 0.3) is 10.9 Å². The van der Waals surface area contributed by atoms with Gasteiger partial charge in [0.05, 0.1) is 5.39 Å². The zero-order chi connectivity index (χ0) is 13.2. The summed E-state index contributed by atoms with van der Waals surface area (Å²) < 4.78 is 1.82. The molecule has 0 radical (unpaired) electrons. The maximum Gasteiger partial charge on any atom is 0.265 e. The molecule has 0 saturated carbocycles. The number of aromatic nitrogens is 1. The normalized spacial score (nSPS) is 10.6. The van der Waals surface area contributed by atoms with Crippen molar-refractivity contribution in [1.29, 1.82) is 0 Å². The van der Waals surface area contributed by atoms with Crippen molar-refractivity contribution in [3.05, 3.63) is 71.9 Å². The Balaban J connectivity index is 2.09. The van der Waals surface area contributed by atoms with E-state index in [0.29, 0.717) is 0 Å².